The molecule has 1 aliphatic rings. The Morgan fingerprint density at radius 3 is 2.50 bits per heavy atom. The van der Waals surface area contributed by atoms with Crippen LogP contribution in [-0.2, 0) is 11.2 Å². The molecule has 1 aliphatic heterocycles. The number of allylic oxidation sites excluding steroid dienone is 1. The minimum absolute atomic E-state index is 0.117. The Bertz CT molecular complexity index is 1180. The number of carbonyl (C=O) groups excluding carboxylic acids is 2. The Hall–Kier alpha value is -3.37. The van der Waals surface area contributed by atoms with Crippen molar-refractivity contribution < 1.29 is 19.1 Å². The fourth-order valence-electron chi connectivity index (χ4n) is 3.30. The Kier molecular flexibility index (Phi) is 5.42. The molecule has 30 heavy (non-hydrogen) atoms. The molecule has 0 saturated heterocycles. The van der Waals surface area contributed by atoms with Gasteiger partial charge in [0.15, 0.2) is 5.76 Å². The second-order valence-corrected chi connectivity index (χ2v) is 7.58. The number of ketones is 1. The summed E-state index contributed by atoms with van der Waals surface area (Å²) in [5, 5.41) is 0.609. The maximum Gasteiger partial charge on any atom is 0.315 e. The minimum Gasteiger partial charge on any atom is -0.452 e. The molecule has 0 amide bonds. The average molecular weight is 419 g/mol. The highest BCUT2D eigenvalue weighted by Crippen LogP contribution is 2.39. The molecule has 0 unspecified atom stereocenters. The smallest absolute Gasteiger partial charge is 0.315 e. The summed E-state index contributed by atoms with van der Waals surface area (Å²) in [5.74, 6) is 0.470. The number of carbonyl (C=O) groups is 2. The van der Waals surface area contributed by atoms with Gasteiger partial charge in [0.1, 0.15) is 11.5 Å². The number of rotatable bonds is 4. The standard InChI is InChI=1S/C25H19ClO4/c1-15-5-3-4-6-18(15)14-22-24(28)20-11-12-21(16(2)25(20)30-22)29-23(27)13-17-7-9-19(26)10-8-17/h3-12,14H,13H2,1-2H3/b22-14-. The Morgan fingerprint density at radius 1 is 1.03 bits per heavy atom. The molecule has 0 saturated carbocycles. The van der Waals surface area contributed by atoms with Gasteiger partial charge in [-0.05, 0) is 60.9 Å². The number of aryl methyl sites for hydroxylation is 1. The van der Waals surface area contributed by atoms with E-state index in [-0.39, 0.29) is 18.0 Å². The van der Waals surface area contributed by atoms with Crippen molar-refractivity contribution in [1.82, 2.24) is 0 Å². The first-order valence-corrected chi connectivity index (χ1v) is 9.89. The van der Waals surface area contributed by atoms with Crippen LogP contribution >= 0.6 is 11.6 Å². The number of hydrogen-bond acceptors (Lipinski definition) is 4. The quantitative estimate of drug-likeness (QED) is 0.309. The molecule has 1 heterocycles. The summed E-state index contributed by atoms with van der Waals surface area (Å²) in [7, 11) is 0. The fourth-order valence-corrected chi connectivity index (χ4v) is 3.42. The van der Waals surface area contributed by atoms with Crippen molar-refractivity contribution in [2.24, 2.45) is 0 Å². The summed E-state index contributed by atoms with van der Waals surface area (Å²) in [6, 6.07) is 18.0. The summed E-state index contributed by atoms with van der Waals surface area (Å²) in [6.07, 6.45) is 1.86. The second kappa shape index (κ2) is 8.17. The summed E-state index contributed by atoms with van der Waals surface area (Å²) < 4.78 is 11.4. The zero-order valence-electron chi connectivity index (χ0n) is 16.6. The van der Waals surface area contributed by atoms with Gasteiger partial charge in [0.2, 0.25) is 5.78 Å². The molecule has 0 aromatic heterocycles. The van der Waals surface area contributed by atoms with Gasteiger partial charge in [0.25, 0.3) is 0 Å². The Balaban J connectivity index is 1.55. The lowest BCUT2D eigenvalue weighted by Gasteiger charge is -2.10. The van der Waals surface area contributed by atoms with Crippen LogP contribution in [0.5, 0.6) is 11.5 Å². The first-order chi connectivity index (χ1) is 14.4. The highest BCUT2D eigenvalue weighted by Gasteiger charge is 2.30. The number of fused-ring (bicyclic) bond motifs is 1. The van der Waals surface area contributed by atoms with E-state index < -0.39 is 5.97 Å². The Morgan fingerprint density at radius 2 is 1.77 bits per heavy atom. The van der Waals surface area contributed by atoms with Gasteiger partial charge in [0.05, 0.1) is 12.0 Å². The number of esters is 1. The van der Waals surface area contributed by atoms with E-state index in [1.54, 1.807) is 49.4 Å². The molecule has 150 valence electrons. The van der Waals surface area contributed by atoms with Gasteiger partial charge >= 0.3 is 5.97 Å². The van der Waals surface area contributed by atoms with Gasteiger partial charge in [-0.2, -0.15) is 0 Å². The van der Waals surface area contributed by atoms with Crippen LogP contribution in [0.1, 0.15) is 32.6 Å². The second-order valence-electron chi connectivity index (χ2n) is 7.14. The molecule has 5 heteroatoms. The molecule has 0 bridgehead atoms. The predicted octanol–water partition coefficient (Wildman–Crippen LogP) is 5.72. The summed E-state index contributed by atoms with van der Waals surface area (Å²) in [4.78, 5) is 25.1. The van der Waals surface area contributed by atoms with E-state index in [9.17, 15) is 9.59 Å². The van der Waals surface area contributed by atoms with Crippen molar-refractivity contribution in [3.8, 4) is 11.5 Å². The number of halogens is 1. The zero-order chi connectivity index (χ0) is 21.3. The molecule has 0 aliphatic carbocycles. The third kappa shape index (κ3) is 4.00. The summed E-state index contributed by atoms with van der Waals surface area (Å²) in [5.41, 5.74) is 3.84. The highest BCUT2D eigenvalue weighted by atomic mass is 35.5. The zero-order valence-corrected chi connectivity index (χ0v) is 17.3. The molecule has 4 nitrogen and oxygen atoms in total. The van der Waals surface area contributed by atoms with Crippen LogP contribution in [0.2, 0.25) is 5.02 Å². The molecule has 4 rings (SSSR count). The lowest BCUT2D eigenvalue weighted by Crippen LogP contribution is -2.12. The lowest BCUT2D eigenvalue weighted by atomic mass is 10.0. The van der Waals surface area contributed by atoms with E-state index in [1.807, 2.05) is 31.2 Å². The molecule has 3 aromatic carbocycles. The maximum atomic E-state index is 12.8. The van der Waals surface area contributed by atoms with Gasteiger partial charge in [-0.1, -0.05) is 48.0 Å². The van der Waals surface area contributed by atoms with E-state index in [1.165, 1.54) is 0 Å². The SMILES string of the molecule is Cc1ccccc1/C=C1\Oc2c(ccc(OC(=O)Cc3ccc(Cl)cc3)c2C)C1=O. The van der Waals surface area contributed by atoms with E-state index in [0.29, 0.717) is 27.6 Å². The van der Waals surface area contributed by atoms with Gasteiger partial charge in [-0.3, -0.25) is 9.59 Å². The van der Waals surface area contributed by atoms with Gasteiger partial charge in [-0.25, -0.2) is 0 Å². The maximum absolute atomic E-state index is 12.8. The van der Waals surface area contributed by atoms with Gasteiger partial charge in [-0.15, -0.1) is 0 Å². The van der Waals surface area contributed by atoms with Crippen LogP contribution in [-0.4, -0.2) is 11.8 Å². The van der Waals surface area contributed by atoms with Crippen molar-refractivity contribution in [2.45, 2.75) is 20.3 Å². The number of hydrogen-bond donors (Lipinski definition) is 0. The van der Waals surface area contributed by atoms with Crippen molar-refractivity contribution >= 4 is 29.4 Å². The molecular weight excluding hydrogens is 400 g/mol. The van der Waals surface area contributed by atoms with E-state index in [0.717, 1.165) is 16.7 Å². The monoisotopic (exact) mass is 418 g/mol. The van der Waals surface area contributed by atoms with Crippen molar-refractivity contribution in [1.29, 1.82) is 0 Å². The van der Waals surface area contributed by atoms with Crippen LogP contribution in [0.3, 0.4) is 0 Å². The third-order valence-electron chi connectivity index (χ3n) is 5.00. The lowest BCUT2D eigenvalue weighted by molar-refractivity contribution is -0.133. The van der Waals surface area contributed by atoms with Crippen LogP contribution in [0.25, 0.3) is 6.08 Å². The van der Waals surface area contributed by atoms with E-state index in [4.69, 9.17) is 21.1 Å². The van der Waals surface area contributed by atoms with Crippen molar-refractivity contribution in [3.63, 3.8) is 0 Å². The molecular formula is C25H19ClO4. The summed E-state index contributed by atoms with van der Waals surface area (Å²) in [6.45, 7) is 3.75. The van der Waals surface area contributed by atoms with Crippen LogP contribution in [0.15, 0.2) is 66.4 Å². The largest absolute Gasteiger partial charge is 0.452 e. The van der Waals surface area contributed by atoms with Gasteiger partial charge < -0.3 is 9.47 Å². The normalized spacial score (nSPS) is 13.8. The van der Waals surface area contributed by atoms with Crippen molar-refractivity contribution in [3.05, 3.63) is 99.3 Å². The number of ether oxygens (including phenoxy) is 2. The molecule has 0 atom stereocenters. The average Bonchev–Trinajstić information content (AvgIpc) is 3.04. The third-order valence-corrected chi connectivity index (χ3v) is 5.25. The molecule has 0 fully saturated rings. The number of Topliss-reactive ketones (excluding diaryl/α,β-unsaturated/α-hetero) is 1. The molecule has 3 aromatic rings. The van der Waals surface area contributed by atoms with Crippen LogP contribution in [0.4, 0.5) is 0 Å². The fraction of sp³-hybridized carbons (Fsp3) is 0.120. The first-order valence-electron chi connectivity index (χ1n) is 9.51. The van der Waals surface area contributed by atoms with Crippen LogP contribution in [0, 0.1) is 13.8 Å². The summed E-state index contributed by atoms with van der Waals surface area (Å²) >= 11 is 5.87. The molecule has 0 N–H and O–H groups in total. The highest BCUT2D eigenvalue weighted by molar-refractivity contribution is 6.30. The van der Waals surface area contributed by atoms with Gasteiger partial charge in [0, 0.05) is 10.6 Å². The van der Waals surface area contributed by atoms with E-state index in [2.05, 4.69) is 0 Å². The molecule has 0 radical (unpaired) electrons. The first kappa shape index (κ1) is 19.9. The predicted molar refractivity (Wildman–Crippen MR) is 116 cm³/mol. The van der Waals surface area contributed by atoms with E-state index >= 15 is 0 Å². The number of benzene rings is 3. The molecule has 0 spiro atoms. The van der Waals surface area contributed by atoms with Crippen LogP contribution < -0.4 is 9.47 Å². The van der Waals surface area contributed by atoms with Crippen molar-refractivity contribution in [2.75, 3.05) is 0 Å². The minimum atomic E-state index is -0.402. The topological polar surface area (TPSA) is 52.6 Å². The Labute approximate surface area is 179 Å².